The van der Waals surface area contributed by atoms with E-state index >= 15 is 0 Å². The van der Waals surface area contributed by atoms with Crippen molar-refractivity contribution in [1.82, 2.24) is 5.32 Å². The van der Waals surface area contributed by atoms with Crippen molar-refractivity contribution in [3.8, 4) is 6.07 Å². The highest BCUT2D eigenvalue weighted by Crippen LogP contribution is 2.22. The van der Waals surface area contributed by atoms with Crippen LogP contribution in [0.5, 0.6) is 0 Å². The van der Waals surface area contributed by atoms with Gasteiger partial charge in [0.25, 0.3) is 5.91 Å². The molecule has 1 aromatic carbocycles. The summed E-state index contributed by atoms with van der Waals surface area (Å²) in [5, 5.41) is 16.2. The number of ether oxygens (including phenoxy) is 1. The number of benzene rings is 1. The van der Waals surface area contributed by atoms with E-state index in [4.69, 9.17) is 10.00 Å². The largest absolute Gasteiger partial charge is 0.455 e. The Morgan fingerprint density at radius 2 is 1.96 bits per heavy atom. The maximum absolute atomic E-state index is 12.0. The van der Waals surface area contributed by atoms with Gasteiger partial charge in [-0.15, -0.1) is 11.3 Å². The molecule has 2 aromatic rings. The van der Waals surface area contributed by atoms with Gasteiger partial charge >= 0.3 is 5.97 Å². The Morgan fingerprint density at radius 1 is 1.23 bits per heavy atom. The molecule has 0 unspecified atom stereocenters. The van der Waals surface area contributed by atoms with Crippen molar-refractivity contribution in [3.05, 3.63) is 52.9 Å². The molecule has 8 heteroatoms. The first-order valence-corrected chi connectivity index (χ1v) is 8.62. The number of amides is 2. The van der Waals surface area contributed by atoms with Crippen molar-refractivity contribution in [2.75, 3.05) is 11.9 Å². The summed E-state index contributed by atoms with van der Waals surface area (Å²) < 4.78 is 4.98. The van der Waals surface area contributed by atoms with Crippen LogP contribution in [0, 0.1) is 11.3 Å². The van der Waals surface area contributed by atoms with E-state index in [1.54, 1.807) is 35.7 Å². The molecule has 1 atom stereocenters. The predicted octanol–water partition coefficient (Wildman–Crippen LogP) is 2.37. The number of anilines is 1. The highest BCUT2D eigenvalue weighted by atomic mass is 32.1. The molecule has 2 N–H and O–H groups in total. The summed E-state index contributed by atoms with van der Waals surface area (Å²) in [6.07, 6.45) is -0.0979. The topological polar surface area (TPSA) is 108 Å². The molecule has 0 bridgehead atoms. The molecule has 0 aliphatic rings. The van der Waals surface area contributed by atoms with Crippen LogP contribution >= 0.6 is 11.3 Å². The van der Waals surface area contributed by atoms with Gasteiger partial charge in [-0.2, -0.15) is 5.26 Å². The fourth-order valence-corrected chi connectivity index (χ4v) is 2.96. The van der Waals surface area contributed by atoms with Gasteiger partial charge in [-0.25, -0.2) is 0 Å². The number of esters is 1. The zero-order valence-electron chi connectivity index (χ0n) is 14.0. The third kappa shape index (κ3) is 5.72. The molecule has 0 saturated heterocycles. The first-order valence-electron chi connectivity index (χ1n) is 7.74. The number of carbonyl (C=O) groups is 3. The lowest BCUT2D eigenvalue weighted by atomic mass is 10.0. The number of thiophene rings is 1. The minimum atomic E-state index is -0.616. The molecule has 0 spiro atoms. The van der Waals surface area contributed by atoms with Crippen LogP contribution in [-0.2, 0) is 19.1 Å². The number of carbonyl (C=O) groups excluding carboxylic acids is 3. The van der Waals surface area contributed by atoms with E-state index in [0.29, 0.717) is 10.6 Å². The monoisotopic (exact) mass is 371 g/mol. The number of nitriles is 1. The number of nitrogens with zero attached hydrogens (tertiary/aromatic N) is 1. The maximum atomic E-state index is 12.0. The van der Waals surface area contributed by atoms with Crippen LogP contribution in [0.25, 0.3) is 0 Å². The lowest BCUT2D eigenvalue weighted by Crippen LogP contribution is -2.29. The Bertz CT molecular complexity index is 826. The van der Waals surface area contributed by atoms with Crippen LogP contribution in [0.2, 0.25) is 0 Å². The van der Waals surface area contributed by atoms with E-state index in [1.165, 1.54) is 18.3 Å². The lowest BCUT2D eigenvalue weighted by molar-refractivity contribution is -0.148. The highest BCUT2D eigenvalue weighted by molar-refractivity contribution is 7.14. The van der Waals surface area contributed by atoms with Crippen LogP contribution in [-0.4, -0.2) is 24.4 Å². The summed E-state index contributed by atoms with van der Waals surface area (Å²) in [5.41, 5.74) is 1.12. The normalized spacial score (nSPS) is 11.1. The Hall–Kier alpha value is -3.18. The third-order valence-electron chi connectivity index (χ3n) is 3.35. The standard InChI is InChI=1S/C18H17N3O4S/c1-12(22)20-15(13-5-3-2-4-6-13)9-17(24)25-11-16(23)21-18-14(10-19)7-8-26-18/h2-8,15H,9,11H2,1H3,(H,20,22)(H,21,23)/t15-/m0/s1. The second-order valence-electron chi connectivity index (χ2n) is 5.35. The van der Waals surface area contributed by atoms with Gasteiger partial charge in [0.2, 0.25) is 5.91 Å². The molecule has 0 fully saturated rings. The summed E-state index contributed by atoms with van der Waals surface area (Å²) in [6.45, 7) is 0.895. The van der Waals surface area contributed by atoms with Crippen molar-refractivity contribution in [3.63, 3.8) is 0 Å². The van der Waals surface area contributed by atoms with E-state index < -0.39 is 24.5 Å². The van der Waals surface area contributed by atoms with Crippen LogP contribution < -0.4 is 10.6 Å². The number of rotatable bonds is 7. The summed E-state index contributed by atoms with van der Waals surface area (Å²) in [5.74, 6) is -1.42. The van der Waals surface area contributed by atoms with Gasteiger partial charge in [0.1, 0.15) is 11.1 Å². The minimum absolute atomic E-state index is 0.0979. The Balaban J connectivity index is 1.88. The molecule has 7 nitrogen and oxygen atoms in total. The SMILES string of the molecule is CC(=O)N[C@@H](CC(=O)OCC(=O)Nc1sccc1C#N)c1ccccc1. The van der Waals surface area contributed by atoms with Gasteiger partial charge in [-0.05, 0) is 17.0 Å². The average molecular weight is 371 g/mol. The van der Waals surface area contributed by atoms with Gasteiger partial charge < -0.3 is 15.4 Å². The van der Waals surface area contributed by atoms with Gasteiger partial charge in [0.15, 0.2) is 6.61 Å². The van der Waals surface area contributed by atoms with Crippen molar-refractivity contribution < 1.29 is 19.1 Å². The van der Waals surface area contributed by atoms with Crippen LogP contribution in [0.3, 0.4) is 0 Å². The fraction of sp³-hybridized carbons (Fsp3) is 0.222. The summed E-state index contributed by atoms with van der Waals surface area (Å²) >= 11 is 1.21. The second-order valence-corrected chi connectivity index (χ2v) is 6.27. The van der Waals surface area contributed by atoms with Crippen molar-refractivity contribution in [1.29, 1.82) is 5.26 Å². The number of hydrogen-bond acceptors (Lipinski definition) is 6. The molecule has 0 radical (unpaired) electrons. The first-order chi connectivity index (χ1) is 12.5. The quantitative estimate of drug-likeness (QED) is 0.727. The maximum Gasteiger partial charge on any atom is 0.308 e. The molecule has 1 aromatic heterocycles. The van der Waals surface area contributed by atoms with E-state index in [-0.39, 0.29) is 12.3 Å². The van der Waals surface area contributed by atoms with Crippen molar-refractivity contribution in [2.45, 2.75) is 19.4 Å². The highest BCUT2D eigenvalue weighted by Gasteiger charge is 2.19. The van der Waals surface area contributed by atoms with Crippen LogP contribution in [0.4, 0.5) is 5.00 Å². The van der Waals surface area contributed by atoms with Gasteiger partial charge in [0.05, 0.1) is 18.0 Å². The van der Waals surface area contributed by atoms with E-state index in [1.807, 2.05) is 12.1 Å². The Morgan fingerprint density at radius 3 is 2.62 bits per heavy atom. The zero-order chi connectivity index (χ0) is 18.9. The van der Waals surface area contributed by atoms with Gasteiger partial charge in [-0.1, -0.05) is 30.3 Å². The number of hydrogen-bond donors (Lipinski definition) is 2. The molecule has 2 amide bonds. The van der Waals surface area contributed by atoms with Crippen LogP contribution in [0.1, 0.15) is 30.5 Å². The molecular weight excluding hydrogens is 354 g/mol. The molecule has 134 valence electrons. The van der Waals surface area contributed by atoms with Gasteiger partial charge in [-0.3, -0.25) is 14.4 Å². The van der Waals surface area contributed by atoms with Crippen LogP contribution in [0.15, 0.2) is 41.8 Å². The second kappa shape index (κ2) is 9.34. The summed E-state index contributed by atoms with van der Waals surface area (Å²) in [6, 6.07) is 12.0. The lowest BCUT2D eigenvalue weighted by Gasteiger charge is -2.17. The third-order valence-corrected chi connectivity index (χ3v) is 4.18. The Labute approximate surface area is 154 Å². The van der Waals surface area contributed by atoms with Gasteiger partial charge in [0, 0.05) is 6.92 Å². The average Bonchev–Trinajstić information content (AvgIpc) is 3.07. The molecule has 0 aliphatic carbocycles. The summed E-state index contributed by atoms with van der Waals surface area (Å²) in [4.78, 5) is 35.3. The first kappa shape index (κ1) is 19.1. The van der Waals surface area contributed by atoms with E-state index in [9.17, 15) is 14.4 Å². The molecule has 1 heterocycles. The zero-order valence-corrected chi connectivity index (χ0v) is 14.8. The minimum Gasteiger partial charge on any atom is -0.455 e. The fourth-order valence-electron chi connectivity index (χ4n) is 2.21. The summed E-state index contributed by atoms with van der Waals surface area (Å²) in [7, 11) is 0. The smallest absolute Gasteiger partial charge is 0.308 e. The van der Waals surface area contributed by atoms with E-state index in [0.717, 1.165) is 5.56 Å². The van der Waals surface area contributed by atoms with E-state index in [2.05, 4.69) is 10.6 Å². The molecule has 2 rings (SSSR count). The molecule has 0 saturated carbocycles. The van der Waals surface area contributed by atoms with Crippen molar-refractivity contribution >= 4 is 34.1 Å². The molecule has 0 aliphatic heterocycles. The Kier molecular flexibility index (Phi) is 6.88. The molecule has 26 heavy (non-hydrogen) atoms. The number of nitrogens with one attached hydrogen (secondary N) is 2. The predicted molar refractivity (Wildman–Crippen MR) is 96.2 cm³/mol. The van der Waals surface area contributed by atoms with Crippen molar-refractivity contribution in [2.24, 2.45) is 0 Å². The molecular formula is C18H17N3O4S.